The fourth-order valence-electron chi connectivity index (χ4n) is 3.85. The molecule has 1 unspecified atom stereocenters. The standard InChI is InChI=1S/C21H34O2Si/c1-16(2)24(17(3)4,18(5)6)15-13-19-9-11-20(12-10-19)21(23)8-7-14-22/h9-12,16-18,21-23H,7-8,14H2,1-6H3. The van der Waals surface area contributed by atoms with Gasteiger partial charge < -0.3 is 10.2 Å². The third-order valence-corrected chi connectivity index (χ3v) is 11.5. The molecule has 2 N–H and O–H groups in total. The predicted octanol–water partition coefficient (Wildman–Crippen LogP) is 5.06. The number of hydrogen-bond acceptors (Lipinski definition) is 2. The summed E-state index contributed by atoms with van der Waals surface area (Å²) >= 11 is 0. The van der Waals surface area contributed by atoms with Crippen LogP contribution in [-0.4, -0.2) is 24.9 Å². The maximum atomic E-state index is 10.1. The van der Waals surface area contributed by atoms with Crippen molar-refractivity contribution in [2.24, 2.45) is 0 Å². The Balaban J connectivity index is 3.02. The van der Waals surface area contributed by atoms with Gasteiger partial charge in [-0.25, -0.2) is 0 Å². The normalized spacial score (nSPS) is 13.3. The minimum absolute atomic E-state index is 0.118. The zero-order valence-corrected chi connectivity index (χ0v) is 17.1. The molecule has 0 amide bonds. The highest BCUT2D eigenvalue weighted by Gasteiger charge is 2.41. The second-order valence-corrected chi connectivity index (χ2v) is 13.2. The Bertz CT molecular complexity index is 528. The van der Waals surface area contributed by atoms with Crippen LogP contribution in [0.5, 0.6) is 0 Å². The Morgan fingerprint density at radius 2 is 1.42 bits per heavy atom. The van der Waals surface area contributed by atoms with E-state index in [0.717, 1.165) is 11.1 Å². The highest BCUT2D eigenvalue weighted by Crippen LogP contribution is 2.40. The summed E-state index contributed by atoms with van der Waals surface area (Å²) in [5.74, 6) is 3.43. The van der Waals surface area contributed by atoms with E-state index in [-0.39, 0.29) is 6.61 Å². The zero-order valence-electron chi connectivity index (χ0n) is 16.1. The van der Waals surface area contributed by atoms with E-state index in [1.54, 1.807) is 0 Å². The molecule has 0 saturated carbocycles. The first-order chi connectivity index (χ1) is 11.3. The minimum atomic E-state index is -1.70. The van der Waals surface area contributed by atoms with E-state index in [9.17, 15) is 5.11 Å². The van der Waals surface area contributed by atoms with Gasteiger partial charge in [-0.2, -0.15) is 0 Å². The highest BCUT2D eigenvalue weighted by molar-refractivity contribution is 6.90. The van der Waals surface area contributed by atoms with Crippen LogP contribution in [0, 0.1) is 11.5 Å². The van der Waals surface area contributed by atoms with Crippen molar-refractivity contribution in [2.45, 2.75) is 77.1 Å². The zero-order chi connectivity index (χ0) is 18.3. The van der Waals surface area contributed by atoms with Crippen molar-refractivity contribution in [1.82, 2.24) is 0 Å². The van der Waals surface area contributed by atoms with Crippen molar-refractivity contribution >= 4 is 8.07 Å². The van der Waals surface area contributed by atoms with Crippen molar-refractivity contribution in [1.29, 1.82) is 0 Å². The summed E-state index contributed by atoms with van der Waals surface area (Å²) < 4.78 is 0. The van der Waals surface area contributed by atoms with Crippen molar-refractivity contribution in [3.63, 3.8) is 0 Å². The van der Waals surface area contributed by atoms with E-state index >= 15 is 0 Å². The Morgan fingerprint density at radius 3 is 1.83 bits per heavy atom. The molecule has 0 aliphatic rings. The number of rotatable bonds is 7. The van der Waals surface area contributed by atoms with Crippen molar-refractivity contribution < 1.29 is 10.2 Å². The van der Waals surface area contributed by atoms with E-state index in [2.05, 4.69) is 53.0 Å². The topological polar surface area (TPSA) is 40.5 Å². The average Bonchev–Trinajstić information content (AvgIpc) is 2.52. The smallest absolute Gasteiger partial charge is 0.146 e. The summed E-state index contributed by atoms with van der Waals surface area (Å²) in [5.41, 5.74) is 7.53. The molecule has 1 aromatic carbocycles. The summed E-state index contributed by atoms with van der Waals surface area (Å²) in [7, 11) is -1.70. The van der Waals surface area contributed by atoms with E-state index in [0.29, 0.717) is 29.5 Å². The van der Waals surface area contributed by atoms with Crippen LogP contribution in [-0.2, 0) is 0 Å². The molecule has 1 atom stereocenters. The highest BCUT2D eigenvalue weighted by atomic mass is 28.3. The molecule has 0 fully saturated rings. The molecule has 0 aliphatic carbocycles. The molecule has 0 heterocycles. The first-order valence-electron chi connectivity index (χ1n) is 9.17. The molecule has 24 heavy (non-hydrogen) atoms. The number of aliphatic hydroxyl groups is 2. The molecule has 0 aromatic heterocycles. The van der Waals surface area contributed by atoms with Crippen molar-refractivity contribution in [3.05, 3.63) is 35.4 Å². The van der Waals surface area contributed by atoms with Crippen LogP contribution < -0.4 is 0 Å². The molecule has 3 heteroatoms. The molecule has 1 aromatic rings. The van der Waals surface area contributed by atoms with Gasteiger partial charge in [-0.15, -0.1) is 5.54 Å². The Morgan fingerprint density at radius 1 is 0.917 bits per heavy atom. The molecule has 2 nitrogen and oxygen atoms in total. The first-order valence-corrected chi connectivity index (χ1v) is 11.4. The Hall–Kier alpha value is -1.08. The summed E-state index contributed by atoms with van der Waals surface area (Å²) in [6.45, 7) is 14.0. The van der Waals surface area contributed by atoms with Crippen LogP contribution in [0.25, 0.3) is 0 Å². The number of benzene rings is 1. The average molecular weight is 347 g/mol. The Labute approximate surface area is 149 Å². The van der Waals surface area contributed by atoms with E-state index in [1.807, 2.05) is 24.3 Å². The van der Waals surface area contributed by atoms with Gasteiger partial charge in [-0.1, -0.05) is 59.6 Å². The van der Waals surface area contributed by atoms with Crippen LogP contribution in [0.2, 0.25) is 16.6 Å². The molecular formula is C21H34O2Si. The summed E-state index contributed by atoms with van der Waals surface area (Å²) in [5, 5.41) is 18.9. The number of hydrogen-bond donors (Lipinski definition) is 2. The van der Waals surface area contributed by atoms with Gasteiger partial charge in [0.1, 0.15) is 8.07 Å². The molecule has 0 saturated heterocycles. The lowest BCUT2D eigenvalue weighted by Gasteiger charge is -2.38. The molecule has 1 rings (SSSR count). The molecule has 0 spiro atoms. The van der Waals surface area contributed by atoms with Gasteiger partial charge in [-0.3, -0.25) is 0 Å². The lowest BCUT2D eigenvalue weighted by molar-refractivity contribution is 0.152. The van der Waals surface area contributed by atoms with Gasteiger partial charge in [0.25, 0.3) is 0 Å². The van der Waals surface area contributed by atoms with Crippen LogP contribution in [0.1, 0.15) is 71.6 Å². The molecule has 134 valence electrons. The SMILES string of the molecule is CC(C)[Si](C#Cc1ccc(C(O)CCCO)cc1)(C(C)C)C(C)C. The largest absolute Gasteiger partial charge is 0.396 e. The van der Waals surface area contributed by atoms with Gasteiger partial charge in [-0.05, 0) is 47.2 Å². The fourth-order valence-corrected chi connectivity index (χ4v) is 9.08. The number of aliphatic hydroxyl groups excluding tert-OH is 2. The predicted molar refractivity (Wildman–Crippen MR) is 106 cm³/mol. The minimum Gasteiger partial charge on any atom is -0.396 e. The van der Waals surface area contributed by atoms with Crippen molar-refractivity contribution in [3.8, 4) is 11.5 Å². The van der Waals surface area contributed by atoms with Gasteiger partial charge >= 0.3 is 0 Å². The quantitative estimate of drug-likeness (QED) is 0.535. The first kappa shape index (κ1) is 21.0. The maximum Gasteiger partial charge on any atom is 0.146 e. The van der Waals surface area contributed by atoms with E-state index in [1.165, 1.54) is 0 Å². The second-order valence-electron chi connectivity index (χ2n) is 7.65. The lowest BCUT2D eigenvalue weighted by atomic mass is 10.0. The van der Waals surface area contributed by atoms with Crippen LogP contribution in [0.4, 0.5) is 0 Å². The lowest BCUT2D eigenvalue weighted by Crippen LogP contribution is -2.43. The van der Waals surface area contributed by atoms with Crippen LogP contribution in [0.15, 0.2) is 24.3 Å². The van der Waals surface area contributed by atoms with Gasteiger partial charge in [0.2, 0.25) is 0 Å². The van der Waals surface area contributed by atoms with Gasteiger partial charge in [0.05, 0.1) is 6.10 Å². The van der Waals surface area contributed by atoms with Crippen molar-refractivity contribution in [2.75, 3.05) is 6.61 Å². The summed E-state index contributed by atoms with van der Waals surface area (Å²) in [6, 6.07) is 7.92. The molecule has 0 bridgehead atoms. The summed E-state index contributed by atoms with van der Waals surface area (Å²) in [6.07, 6.45) is 0.703. The summed E-state index contributed by atoms with van der Waals surface area (Å²) in [4.78, 5) is 0. The van der Waals surface area contributed by atoms with E-state index in [4.69, 9.17) is 5.11 Å². The monoisotopic (exact) mass is 346 g/mol. The molecule has 0 aliphatic heterocycles. The third kappa shape index (κ3) is 4.96. The molecule has 0 radical (unpaired) electrons. The van der Waals surface area contributed by atoms with Crippen LogP contribution >= 0.6 is 0 Å². The maximum absolute atomic E-state index is 10.1. The van der Waals surface area contributed by atoms with E-state index < -0.39 is 14.2 Å². The third-order valence-electron chi connectivity index (χ3n) is 5.22. The second kappa shape index (κ2) is 9.41. The van der Waals surface area contributed by atoms with Gasteiger partial charge in [0.15, 0.2) is 0 Å². The molecular weight excluding hydrogens is 312 g/mol. The Kier molecular flexibility index (Phi) is 8.22. The van der Waals surface area contributed by atoms with Crippen LogP contribution in [0.3, 0.4) is 0 Å². The van der Waals surface area contributed by atoms with Gasteiger partial charge in [0, 0.05) is 12.2 Å². The fraction of sp³-hybridized carbons (Fsp3) is 0.619.